The molecule has 0 saturated carbocycles. The van der Waals surface area contributed by atoms with Gasteiger partial charge in [-0.15, -0.1) is 11.6 Å². The van der Waals surface area contributed by atoms with E-state index < -0.39 is 6.10 Å². The monoisotopic (exact) mass is 198 g/mol. The Morgan fingerprint density at radius 1 is 1.31 bits per heavy atom. The summed E-state index contributed by atoms with van der Waals surface area (Å²) in [7, 11) is 0. The lowest BCUT2D eigenvalue weighted by Crippen LogP contribution is -2.21. The quantitative estimate of drug-likeness (QED) is 0.737. The highest BCUT2D eigenvalue weighted by Gasteiger charge is 2.12. The number of halogens is 1. The minimum Gasteiger partial charge on any atom is -0.392 e. The molecule has 0 saturated heterocycles. The van der Waals surface area contributed by atoms with Crippen LogP contribution < -0.4 is 0 Å². The van der Waals surface area contributed by atoms with Crippen LogP contribution in [-0.4, -0.2) is 17.1 Å². The molecule has 0 aromatic heterocycles. The molecule has 0 aliphatic rings. The molecular formula is C11H15ClO. The second kappa shape index (κ2) is 5.25. The van der Waals surface area contributed by atoms with E-state index in [1.54, 1.807) is 0 Å². The van der Waals surface area contributed by atoms with Gasteiger partial charge in [-0.25, -0.2) is 0 Å². The zero-order valence-electron chi connectivity index (χ0n) is 7.78. The van der Waals surface area contributed by atoms with E-state index >= 15 is 0 Å². The van der Waals surface area contributed by atoms with Gasteiger partial charge in [0, 0.05) is 5.88 Å². The molecule has 0 bridgehead atoms. The molecule has 0 radical (unpaired) electrons. The van der Waals surface area contributed by atoms with Crippen LogP contribution in [0.5, 0.6) is 0 Å². The molecular weight excluding hydrogens is 184 g/mol. The first-order valence-electron chi connectivity index (χ1n) is 4.52. The number of aliphatic hydroxyl groups is 1. The summed E-state index contributed by atoms with van der Waals surface area (Å²) >= 11 is 5.56. The Morgan fingerprint density at radius 3 is 2.46 bits per heavy atom. The van der Waals surface area contributed by atoms with E-state index in [-0.39, 0.29) is 5.92 Å². The van der Waals surface area contributed by atoms with Crippen LogP contribution in [0.3, 0.4) is 0 Å². The van der Waals surface area contributed by atoms with Crippen LogP contribution >= 0.6 is 11.6 Å². The van der Waals surface area contributed by atoms with Gasteiger partial charge in [-0.2, -0.15) is 0 Å². The van der Waals surface area contributed by atoms with E-state index in [4.69, 9.17) is 11.6 Å². The summed E-state index contributed by atoms with van der Waals surface area (Å²) in [4.78, 5) is 0. The minimum absolute atomic E-state index is 0.222. The van der Waals surface area contributed by atoms with Gasteiger partial charge in [0.25, 0.3) is 0 Å². The fourth-order valence-corrected chi connectivity index (χ4v) is 1.58. The highest BCUT2D eigenvalue weighted by molar-refractivity contribution is 6.18. The highest BCUT2D eigenvalue weighted by atomic mass is 35.5. The molecule has 2 atom stereocenters. The summed E-state index contributed by atoms with van der Waals surface area (Å²) in [5, 5.41) is 9.46. The van der Waals surface area contributed by atoms with Crippen molar-refractivity contribution < 1.29 is 5.11 Å². The fourth-order valence-electron chi connectivity index (χ4n) is 1.27. The van der Waals surface area contributed by atoms with Crippen LogP contribution in [0.1, 0.15) is 12.5 Å². The number of hydrogen-bond donors (Lipinski definition) is 1. The standard InChI is InChI=1S/C11H15ClO/c1-9(11(13)8-12)7-10-5-3-2-4-6-10/h2-6,9,11,13H,7-8H2,1H3. The van der Waals surface area contributed by atoms with Crippen LogP contribution in [0.25, 0.3) is 0 Å². The van der Waals surface area contributed by atoms with E-state index in [0.717, 1.165) is 6.42 Å². The largest absolute Gasteiger partial charge is 0.392 e. The maximum atomic E-state index is 9.46. The Kier molecular flexibility index (Phi) is 4.26. The van der Waals surface area contributed by atoms with Crippen molar-refractivity contribution >= 4 is 11.6 Å². The smallest absolute Gasteiger partial charge is 0.0704 e. The predicted octanol–water partition coefficient (Wildman–Crippen LogP) is 2.46. The molecule has 1 aromatic carbocycles. The lowest BCUT2D eigenvalue weighted by Gasteiger charge is -2.15. The van der Waals surface area contributed by atoms with Gasteiger partial charge in [0.1, 0.15) is 0 Å². The van der Waals surface area contributed by atoms with Crippen molar-refractivity contribution in [2.45, 2.75) is 19.4 Å². The zero-order valence-corrected chi connectivity index (χ0v) is 8.54. The van der Waals surface area contributed by atoms with Gasteiger partial charge in [-0.05, 0) is 17.9 Å². The Balaban J connectivity index is 2.50. The molecule has 0 aliphatic heterocycles. The number of rotatable bonds is 4. The molecule has 13 heavy (non-hydrogen) atoms. The first-order chi connectivity index (χ1) is 6.24. The summed E-state index contributed by atoms with van der Waals surface area (Å²) in [6.45, 7) is 2.01. The molecule has 0 fully saturated rings. The molecule has 0 amide bonds. The van der Waals surface area contributed by atoms with Crippen molar-refractivity contribution in [3.63, 3.8) is 0 Å². The lowest BCUT2D eigenvalue weighted by molar-refractivity contribution is 0.138. The number of alkyl halides is 1. The topological polar surface area (TPSA) is 20.2 Å². The van der Waals surface area contributed by atoms with Crippen LogP contribution in [-0.2, 0) is 6.42 Å². The maximum Gasteiger partial charge on any atom is 0.0704 e. The van der Waals surface area contributed by atoms with Crippen molar-refractivity contribution in [2.24, 2.45) is 5.92 Å². The molecule has 72 valence electrons. The molecule has 0 aliphatic carbocycles. The summed E-state index contributed by atoms with van der Waals surface area (Å²) in [6.07, 6.45) is 0.483. The summed E-state index contributed by atoms with van der Waals surface area (Å²) in [5.41, 5.74) is 1.25. The molecule has 1 aromatic rings. The maximum absolute atomic E-state index is 9.46. The van der Waals surface area contributed by atoms with Gasteiger partial charge < -0.3 is 5.11 Å². The number of hydrogen-bond acceptors (Lipinski definition) is 1. The Morgan fingerprint density at radius 2 is 1.92 bits per heavy atom. The predicted molar refractivity (Wildman–Crippen MR) is 56.0 cm³/mol. The molecule has 2 heteroatoms. The van der Waals surface area contributed by atoms with Crippen molar-refractivity contribution in [2.75, 3.05) is 5.88 Å². The lowest BCUT2D eigenvalue weighted by atomic mass is 9.97. The second-order valence-corrected chi connectivity index (χ2v) is 3.70. The Labute approximate surface area is 84.4 Å². The van der Waals surface area contributed by atoms with Crippen molar-refractivity contribution in [1.29, 1.82) is 0 Å². The zero-order chi connectivity index (χ0) is 9.68. The number of benzene rings is 1. The Hall–Kier alpha value is -0.530. The summed E-state index contributed by atoms with van der Waals surface area (Å²) < 4.78 is 0. The Bertz CT molecular complexity index is 235. The third-order valence-electron chi connectivity index (χ3n) is 2.22. The molecule has 2 unspecified atom stereocenters. The van der Waals surface area contributed by atoms with E-state index in [0.29, 0.717) is 5.88 Å². The molecule has 1 nitrogen and oxygen atoms in total. The van der Waals surface area contributed by atoms with E-state index in [1.165, 1.54) is 5.56 Å². The average molecular weight is 199 g/mol. The average Bonchev–Trinajstić information content (AvgIpc) is 2.18. The molecule has 1 rings (SSSR count). The van der Waals surface area contributed by atoms with Gasteiger partial charge in [0.15, 0.2) is 0 Å². The third-order valence-corrected chi connectivity index (χ3v) is 2.53. The van der Waals surface area contributed by atoms with E-state index in [2.05, 4.69) is 12.1 Å². The van der Waals surface area contributed by atoms with Gasteiger partial charge in [-0.3, -0.25) is 0 Å². The van der Waals surface area contributed by atoms with Gasteiger partial charge in [0.2, 0.25) is 0 Å². The second-order valence-electron chi connectivity index (χ2n) is 3.39. The van der Waals surface area contributed by atoms with E-state index in [9.17, 15) is 5.11 Å². The molecule has 0 spiro atoms. The fraction of sp³-hybridized carbons (Fsp3) is 0.455. The van der Waals surface area contributed by atoms with Crippen molar-refractivity contribution in [1.82, 2.24) is 0 Å². The molecule has 1 N–H and O–H groups in total. The van der Waals surface area contributed by atoms with Crippen LogP contribution in [0, 0.1) is 5.92 Å². The summed E-state index contributed by atoms with van der Waals surface area (Å²) in [6, 6.07) is 10.1. The highest BCUT2D eigenvalue weighted by Crippen LogP contribution is 2.12. The number of aliphatic hydroxyl groups excluding tert-OH is 1. The van der Waals surface area contributed by atoms with Crippen LogP contribution in [0.4, 0.5) is 0 Å². The minimum atomic E-state index is -0.401. The summed E-state index contributed by atoms with van der Waals surface area (Å²) in [5.74, 6) is 0.536. The van der Waals surface area contributed by atoms with Crippen molar-refractivity contribution in [3.8, 4) is 0 Å². The van der Waals surface area contributed by atoms with Gasteiger partial charge in [0.05, 0.1) is 6.10 Å². The van der Waals surface area contributed by atoms with Gasteiger partial charge >= 0.3 is 0 Å². The van der Waals surface area contributed by atoms with Crippen LogP contribution in [0.2, 0.25) is 0 Å². The normalized spacial score (nSPS) is 15.3. The van der Waals surface area contributed by atoms with Crippen LogP contribution in [0.15, 0.2) is 30.3 Å². The molecule has 0 heterocycles. The van der Waals surface area contributed by atoms with E-state index in [1.807, 2.05) is 25.1 Å². The van der Waals surface area contributed by atoms with Crippen molar-refractivity contribution in [3.05, 3.63) is 35.9 Å². The first-order valence-corrected chi connectivity index (χ1v) is 5.05. The SMILES string of the molecule is CC(Cc1ccccc1)C(O)CCl. The third kappa shape index (κ3) is 3.37. The van der Waals surface area contributed by atoms with Gasteiger partial charge in [-0.1, -0.05) is 37.3 Å². The first kappa shape index (κ1) is 10.6.